The lowest BCUT2D eigenvalue weighted by atomic mass is 10.00. The average Bonchev–Trinajstić information content (AvgIpc) is 2.96. The van der Waals surface area contributed by atoms with Gasteiger partial charge in [0.05, 0.1) is 6.04 Å². The van der Waals surface area contributed by atoms with Gasteiger partial charge in [0.2, 0.25) is 5.91 Å². The van der Waals surface area contributed by atoms with E-state index in [9.17, 15) is 19.1 Å². The van der Waals surface area contributed by atoms with Crippen LogP contribution in [-0.2, 0) is 4.79 Å². The van der Waals surface area contributed by atoms with Crippen LogP contribution in [0.1, 0.15) is 32.1 Å². The van der Waals surface area contributed by atoms with E-state index >= 15 is 0 Å². The second kappa shape index (κ2) is 7.82. The van der Waals surface area contributed by atoms with Crippen LogP contribution in [-0.4, -0.2) is 53.7 Å². The Morgan fingerprint density at radius 2 is 2.04 bits per heavy atom. The van der Waals surface area contributed by atoms with Crippen LogP contribution in [0.4, 0.5) is 14.9 Å². The molecule has 2 saturated heterocycles. The highest BCUT2D eigenvalue weighted by atomic mass is 19.1. The van der Waals surface area contributed by atoms with Gasteiger partial charge in [-0.1, -0.05) is 0 Å². The third kappa shape index (κ3) is 4.10. The maximum atomic E-state index is 13.0. The maximum Gasteiger partial charge on any atom is 0.317 e. The Labute approximate surface area is 146 Å². The van der Waals surface area contributed by atoms with Gasteiger partial charge >= 0.3 is 6.03 Å². The fourth-order valence-corrected chi connectivity index (χ4v) is 3.65. The van der Waals surface area contributed by atoms with Crippen molar-refractivity contribution in [3.8, 4) is 0 Å². The van der Waals surface area contributed by atoms with Gasteiger partial charge in [-0.3, -0.25) is 4.79 Å². The lowest BCUT2D eigenvalue weighted by molar-refractivity contribution is -0.117. The summed E-state index contributed by atoms with van der Waals surface area (Å²) >= 11 is 0. The van der Waals surface area contributed by atoms with Gasteiger partial charge in [-0.15, -0.1) is 0 Å². The number of piperidine rings is 1. The molecule has 1 aromatic rings. The van der Waals surface area contributed by atoms with Crippen LogP contribution in [0.3, 0.4) is 0 Å². The number of nitrogens with zero attached hydrogens (tertiary/aromatic N) is 2. The average molecular weight is 349 g/mol. The summed E-state index contributed by atoms with van der Waals surface area (Å²) in [7, 11) is 0. The third-order valence-corrected chi connectivity index (χ3v) is 4.94. The number of likely N-dealkylation sites (tertiary alicyclic amines) is 1. The zero-order valence-corrected chi connectivity index (χ0v) is 14.2. The van der Waals surface area contributed by atoms with E-state index in [2.05, 4.69) is 5.32 Å². The van der Waals surface area contributed by atoms with Crippen molar-refractivity contribution in [2.24, 2.45) is 0 Å². The molecular weight excluding hydrogens is 325 g/mol. The Bertz CT molecular complexity index is 620. The number of urea groups is 1. The van der Waals surface area contributed by atoms with Gasteiger partial charge in [0.25, 0.3) is 0 Å². The van der Waals surface area contributed by atoms with Crippen molar-refractivity contribution in [1.82, 2.24) is 10.2 Å². The summed E-state index contributed by atoms with van der Waals surface area (Å²) in [5.41, 5.74) is 0.638. The molecule has 0 unspecified atom stereocenters. The van der Waals surface area contributed by atoms with E-state index in [-0.39, 0.29) is 42.9 Å². The minimum atomic E-state index is -0.347. The highest BCUT2D eigenvalue weighted by molar-refractivity contribution is 5.96. The molecule has 3 rings (SSSR count). The van der Waals surface area contributed by atoms with E-state index in [1.54, 1.807) is 21.9 Å². The molecule has 0 bridgehead atoms. The number of anilines is 1. The van der Waals surface area contributed by atoms with Gasteiger partial charge < -0.3 is 20.2 Å². The Hall–Kier alpha value is -2.15. The predicted octanol–water partition coefficient (Wildman–Crippen LogP) is 1.88. The molecule has 3 amide bonds. The molecule has 1 aromatic carbocycles. The van der Waals surface area contributed by atoms with Crippen molar-refractivity contribution >= 4 is 17.6 Å². The van der Waals surface area contributed by atoms with E-state index in [1.807, 2.05) is 0 Å². The maximum absolute atomic E-state index is 13.0. The quantitative estimate of drug-likeness (QED) is 0.872. The number of nitrogens with one attached hydrogen (secondary N) is 1. The Morgan fingerprint density at radius 3 is 2.76 bits per heavy atom. The van der Waals surface area contributed by atoms with E-state index in [0.717, 1.165) is 19.3 Å². The molecule has 0 spiro atoms. The highest BCUT2D eigenvalue weighted by Gasteiger charge is 2.34. The number of aliphatic hydroxyl groups excluding tert-OH is 1. The number of carbonyl (C=O) groups is 2. The normalized spacial score (nSPS) is 23.8. The van der Waals surface area contributed by atoms with Crippen molar-refractivity contribution in [3.05, 3.63) is 30.1 Å². The number of hydrogen-bond acceptors (Lipinski definition) is 3. The highest BCUT2D eigenvalue weighted by Crippen LogP contribution is 2.23. The summed E-state index contributed by atoms with van der Waals surface area (Å²) in [5.74, 6) is -0.428. The molecule has 2 atom stereocenters. The Morgan fingerprint density at radius 1 is 1.28 bits per heavy atom. The number of hydrogen-bond donors (Lipinski definition) is 2. The van der Waals surface area contributed by atoms with E-state index in [0.29, 0.717) is 25.2 Å². The Kier molecular flexibility index (Phi) is 5.53. The van der Waals surface area contributed by atoms with Crippen molar-refractivity contribution in [2.45, 2.75) is 44.2 Å². The summed E-state index contributed by atoms with van der Waals surface area (Å²) in [6.07, 6.45) is 3.75. The standard InChI is InChI=1S/C18H24FN3O3/c19-13-4-6-16(7-5-13)22-12-14(11-17(22)24)20-18(25)21-9-2-1-3-15(21)8-10-23/h4-7,14-15,23H,1-3,8-12H2,(H,20,25)/t14-,15-/m1/s1. The second-order valence-corrected chi connectivity index (χ2v) is 6.69. The van der Waals surface area contributed by atoms with Gasteiger partial charge in [-0.05, 0) is 49.9 Å². The number of aliphatic hydroxyl groups is 1. The van der Waals surface area contributed by atoms with Crippen LogP contribution >= 0.6 is 0 Å². The molecule has 0 aliphatic carbocycles. The van der Waals surface area contributed by atoms with Gasteiger partial charge in [-0.2, -0.15) is 0 Å². The fourth-order valence-electron chi connectivity index (χ4n) is 3.65. The summed E-state index contributed by atoms with van der Waals surface area (Å²) in [4.78, 5) is 28.2. The van der Waals surface area contributed by atoms with Crippen LogP contribution in [0.25, 0.3) is 0 Å². The molecule has 2 fully saturated rings. The molecule has 2 N–H and O–H groups in total. The first-order chi connectivity index (χ1) is 12.1. The molecular formula is C18H24FN3O3. The number of halogens is 1. The summed E-state index contributed by atoms with van der Waals surface area (Å²) in [5, 5.41) is 12.1. The SMILES string of the molecule is O=C1C[C@@H](NC(=O)N2CCCC[C@@H]2CCO)CN1c1ccc(F)cc1. The first kappa shape index (κ1) is 17.7. The molecule has 6 nitrogen and oxygen atoms in total. The monoisotopic (exact) mass is 349 g/mol. The number of benzene rings is 1. The molecule has 0 aromatic heterocycles. The van der Waals surface area contributed by atoms with Crippen molar-refractivity contribution in [1.29, 1.82) is 0 Å². The largest absolute Gasteiger partial charge is 0.396 e. The molecule has 2 aliphatic heterocycles. The van der Waals surface area contributed by atoms with Crippen LogP contribution in [0, 0.1) is 5.82 Å². The van der Waals surface area contributed by atoms with Crippen LogP contribution in [0.15, 0.2) is 24.3 Å². The number of carbonyl (C=O) groups excluding carboxylic acids is 2. The first-order valence-corrected chi connectivity index (χ1v) is 8.82. The van der Waals surface area contributed by atoms with Crippen LogP contribution < -0.4 is 10.2 Å². The molecule has 2 aliphatic rings. The molecule has 7 heteroatoms. The van der Waals surface area contributed by atoms with Gasteiger partial charge in [-0.25, -0.2) is 9.18 Å². The molecule has 0 radical (unpaired) electrons. The van der Waals surface area contributed by atoms with E-state index in [4.69, 9.17) is 0 Å². The predicted molar refractivity (Wildman–Crippen MR) is 91.7 cm³/mol. The molecule has 25 heavy (non-hydrogen) atoms. The zero-order valence-electron chi connectivity index (χ0n) is 14.2. The number of amides is 3. The van der Waals surface area contributed by atoms with Crippen molar-refractivity contribution in [2.75, 3.05) is 24.6 Å². The van der Waals surface area contributed by atoms with Gasteiger partial charge in [0.15, 0.2) is 0 Å². The topological polar surface area (TPSA) is 72.9 Å². The lowest BCUT2D eigenvalue weighted by Crippen LogP contribution is -2.52. The first-order valence-electron chi connectivity index (χ1n) is 8.82. The second-order valence-electron chi connectivity index (χ2n) is 6.69. The zero-order chi connectivity index (χ0) is 17.8. The minimum Gasteiger partial charge on any atom is -0.396 e. The van der Waals surface area contributed by atoms with Crippen LogP contribution in [0.2, 0.25) is 0 Å². The van der Waals surface area contributed by atoms with Crippen LogP contribution in [0.5, 0.6) is 0 Å². The van der Waals surface area contributed by atoms with Crippen molar-refractivity contribution in [3.63, 3.8) is 0 Å². The third-order valence-electron chi connectivity index (χ3n) is 4.94. The smallest absolute Gasteiger partial charge is 0.317 e. The van der Waals surface area contributed by atoms with Gasteiger partial charge in [0.1, 0.15) is 5.82 Å². The number of rotatable bonds is 4. The minimum absolute atomic E-state index is 0.0593. The fraction of sp³-hybridized carbons (Fsp3) is 0.556. The van der Waals surface area contributed by atoms with Crippen molar-refractivity contribution < 1.29 is 19.1 Å². The molecule has 0 saturated carbocycles. The molecule has 136 valence electrons. The summed E-state index contributed by atoms with van der Waals surface area (Å²) < 4.78 is 13.0. The van der Waals surface area contributed by atoms with E-state index in [1.165, 1.54) is 12.1 Å². The Balaban J connectivity index is 1.60. The van der Waals surface area contributed by atoms with E-state index < -0.39 is 0 Å². The summed E-state index contributed by atoms with van der Waals surface area (Å²) in [6.45, 7) is 1.13. The van der Waals surface area contributed by atoms with Gasteiger partial charge in [0, 0.05) is 37.8 Å². The molecule has 2 heterocycles. The summed E-state index contributed by atoms with van der Waals surface area (Å²) in [6, 6.07) is 5.41. The lowest BCUT2D eigenvalue weighted by Gasteiger charge is -2.36.